The summed E-state index contributed by atoms with van der Waals surface area (Å²) in [7, 11) is 0. The Hall–Kier alpha value is -2.10. The smallest absolute Gasteiger partial charge is 0.300 e. The Kier molecular flexibility index (Phi) is 3.69. The minimum Gasteiger partial charge on any atom is -0.300 e. The summed E-state index contributed by atoms with van der Waals surface area (Å²) in [5.74, 6) is 0.346. The van der Waals surface area contributed by atoms with Gasteiger partial charge < -0.3 is 0 Å². The van der Waals surface area contributed by atoms with Gasteiger partial charge in [0.05, 0.1) is 5.69 Å². The van der Waals surface area contributed by atoms with Crippen LogP contribution in [0.1, 0.15) is 19.4 Å². The quantitative estimate of drug-likeness (QED) is 0.844. The second kappa shape index (κ2) is 5.26. The van der Waals surface area contributed by atoms with Gasteiger partial charge in [-0.05, 0) is 25.0 Å². The molecule has 0 aliphatic heterocycles. The highest BCUT2D eigenvalue weighted by molar-refractivity contribution is 5.31. The first kappa shape index (κ1) is 13.3. The summed E-state index contributed by atoms with van der Waals surface area (Å²) >= 11 is 0. The maximum Gasteiger partial charge on any atom is 0.335 e. The number of aryl methyl sites for hydroxylation is 1. The van der Waals surface area contributed by atoms with Crippen molar-refractivity contribution in [3.05, 3.63) is 62.9 Å². The molecule has 1 aromatic carbocycles. The highest BCUT2D eigenvalue weighted by Crippen LogP contribution is 2.03. The molecule has 19 heavy (non-hydrogen) atoms. The average molecular weight is 258 g/mol. The molecule has 0 unspecified atom stereocenters. The lowest BCUT2D eigenvalue weighted by molar-refractivity contribution is 0.492. The molecule has 0 fully saturated rings. The van der Waals surface area contributed by atoms with E-state index in [0.717, 1.165) is 0 Å². The van der Waals surface area contributed by atoms with Crippen molar-refractivity contribution in [3.8, 4) is 5.69 Å². The van der Waals surface area contributed by atoms with Crippen LogP contribution in [0.25, 0.3) is 5.69 Å². The molecule has 1 heterocycles. The summed E-state index contributed by atoms with van der Waals surface area (Å²) in [4.78, 5) is 24.6. The van der Waals surface area contributed by atoms with Crippen LogP contribution in [0.5, 0.6) is 0 Å². The van der Waals surface area contributed by atoms with Gasteiger partial charge in [-0.25, -0.2) is 9.36 Å². The van der Waals surface area contributed by atoms with Gasteiger partial charge in [0.1, 0.15) is 0 Å². The molecule has 0 amide bonds. The Morgan fingerprint density at radius 2 is 1.74 bits per heavy atom. The maximum absolute atomic E-state index is 12.4. The number of aromatic nitrogens is 2. The molecule has 0 saturated carbocycles. The summed E-state index contributed by atoms with van der Waals surface area (Å²) in [6, 6.07) is 9.02. The fraction of sp³-hybridized carbons (Fsp3) is 0.333. The van der Waals surface area contributed by atoms with Crippen molar-refractivity contribution in [3.63, 3.8) is 0 Å². The molecule has 100 valence electrons. The van der Waals surface area contributed by atoms with Crippen LogP contribution >= 0.6 is 0 Å². The predicted octanol–water partition coefficient (Wildman–Crippen LogP) is 1.96. The van der Waals surface area contributed by atoms with Crippen molar-refractivity contribution < 1.29 is 0 Å². The van der Waals surface area contributed by atoms with E-state index in [4.69, 9.17) is 0 Å². The highest BCUT2D eigenvalue weighted by Gasteiger charge is 2.11. The first-order valence-corrected chi connectivity index (χ1v) is 6.39. The number of hydrogen-bond donors (Lipinski definition) is 0. The van der Waals surface area contributed by atoms with Gasteiger partial charge in [0.2, 0.25) is 0 Å². The lowest BCUT2D eigenvalue weighted by atomic mass is 10.2. The molecule has 2 aromatic rings. The van der Waals surface area contributed by atoms with Crippen LogP contribution in [0.4, 0.5) is 0 Å². The zero-order valence-electron chi connectivity index (χ0n) is 11.5. The molecule has 1 aromatic heterocycles. The third kappa shape index (κ3) is 2.67. The lowest BCUT2D eigenvalue weighted by Crippen LogP contribution is -2.40. The standard InChI is InChI=1S/C15H18N2O2/c1-11(2)9-16-10-12(3)14(18)17(15(16)19)13-7-5-4-6-8-13/h4-8,10-11H,9H2,1-3H3. The summed E-state index contributed by atoms with van der Waals surface area (Å²) in [6.07, 6.45) is 1.64. The van der Waals surface area contributed by atoms with Crippen LogP contribution in [-0.2, 0) is 6.54 Å². The van der Waals surface area contributed by atoms with Gasteiger partial charge in [0, 0.05) is 18.3 Å². The third-order valence-electron chi connectivity index (χ3n) is 2.90. The monoisotopic (exact) mass is 258 g/mol. The minimum atomic E-state index is -0.282. The summed E-state index contributed by atoms with van der Waals surface area (Å²) in [5.41, 5.74) is 0.648. The highest BCUT2D eigenvalue weighted by atomic mass is 16.2. The lowest BCUT2D eigenvalue weighted by Gasteiger charge is -2.13. The second-order valence-corrected chi connectivity index (χ2v) is 5.12. The van der Waals surface area contributed by atoms with E-state index in [-0.39, 0.29) is 11.2 Å². The van der Waals surface area contributed by atoms with Crippen molar-refractivity contribution in [1.82, 2.24) is 9.13 Å². The van der Waals surface area contributed by atoms with E-state index < -0.39 is 0 Å². The minimum absolute atomic E-state index is 0.254. The molecule has 4 heteroatoms. The summed E-state index contributed by atoms with van der Waals surface area (Å²) in [6.45, 7) is 6.42. The van der Waals surface area contributed by atoms with Crippen LogP contribution < -0.4 is 11.2 Å². The maximum atomic E-state index is 12.4. The van der Waals surface area contributed by atoms with E-state index in [1.807, 2.05) is 32.0 Å². The van der Waals surface area contributed by atoms with E-state index in [1.54, 1.807) is 29.8 Å². The molecule has 0 atom stereocenters. The molecule has 2 rings (SSSR count). The molecule has 0 N–H and O–H groups in total. The Labute approximate surface area is 111 Å². The summed E-state index contributed by atoms with van der Waals surface area (Å²) in [5, 5.41) is 0. The van der Waals surface area contributed by atoms with Crippen molar-refractivity contribution in [2.75, 3.05) is 0 Å². The fourth-order valence-corrected chi connectivity index (χ4v) is 2.06. The zero-order valence-corrected chi connectivity index (χ0v) is 11.5. The fourth-order valence-electron chi connectivity index (χ4n) is 2.06. The van der Waals surface area contributed by atoms with Crippen molar-refractivity contribution in [1.29, 1.82) is 0 Å². The molecule has 4 nitrogen and oxygen atoms in total. The molecular weight excluding hydrogens is 240 g/mol. The van der Waals surface area contributed by atoms with Crippen molar-refractivity contribution in [2.45, 2.75) is 27.3 Å². The van der Waals surface area contributed by atoms with Gasteiger partial charge in [-0.1, -0.05) is 32.0 Å². The van der Waals surface area contributed by atoms with Crippen LogP contribution in [0.2, 0.25) is 0 Å². The first-order chi connectivity index (χ1) is 9.00. The zero-order chi connectivity index (χ0) is 14.0. The van der Waals surface area contributed by atoms with E-state index in [2.05, 4.69) is 0 Å². The van der Waals surface area contributed by atoms with Crippen molar-refractivity contribution in [2.24, 2.45) is 5.92 Å². The second-order valence-electron chi connectivity index (χ2n) is 5.12. The average Bonchev–Trinajstić information content (AvgIpc) is 2.37. The van der Waals surface area contributed by atoms with Crippen LogP contribution in [0.15, 0.2) is 46.1 Å². The SMILES string of the molecule is Cc1cn(CC(C)C)c(=O)n(-c2ccccc2)c1=O. The van der Waals surface area contributed by atoms with Gasteiger partial charge in [-0.2, -0.15) is 0 Å². The summed E-state index contributed by atoms with van der Waals surface area (Å²) < 4.78 is 2.84. The molecule has 0 saturated heterocycles. The normalized spacial score (nSPS) is 10.9. The van der Waals surface area contributed by atoms with Crippen LogP contribution in [0, 0.1) is 12.8 Å². The van der Waals surface area contributed by atoms with Gasteiger partial charge in [0.15, 0.2) is 0 Å². The number of para-hydroxylation sites is 1. The molecule has 0 bridgehead atoms. The first-order valence-electron chi connectivity index (χ1n) is 6.39. The largest absolute Gasteiger partial charge is 0.335 e. The number of benzene rings is 1. The molecular formula is C15H18N2O2. The predicted molar refractivity (Wildman–Crippen MR) is 75.9 cm³/mol. The van der Waals surface area contributed by atoms with Gasteiger partial charge in [-0.3, -0.25) is 9.36 Å². The Bertz CT molecular complexity index is 682. The Morgan fingerprint density at radius 1 is 1.11 bits per heavy atom. The van der Waals surface area contributed by atoms with E-state index >= 15 is 0 Å². The molecule has 0 spiro atoms. The van der Waals surface area contributed by atoms with E-state index in [9.17, 15) is 9.59 Å². The van der Waals surface area contributed by atoms with Gasteiger partial charge >= 0.3 is 5.69 Å². The van der Waals surface area contributed by atoms with Crippen LogP contribution in [-0.4, -0.2) is 9.13 Å². The van der Waals surface area contributed by atoms with Crippen LogP contribution in [0.3, 0.4) is 0 Å². The number of hydrogen-bond acceptors (Lipinski definition) is 2. The van der Waals surface area contributed by atoms with E-state index in [0.29, 0.717) is 23.7 Å². The number of rotatable bonds is 3. The van der Waals surface area contributed by atoms with Gasteiger partial charge in [0.25, 0.3) is 5.56 Å². The van der Waals surface area contributed by atoms with Crippen molar-refractivity contribution >= 4 is 0 Å². The molecule has 0 aliphatic rings. The molecule has 0 aliphatic carbocycles. The third-order valence-corrected chi connectivity index (χ3v) is 2.90. The van der Waals surface area contributed by atoms with E-state index in [1.165, 1.54) is 4.57 Å². The Morgan fingerprint density at radius 3 is 2.32 bits per heavy atom. The number of nitrogens with zero attached hydrogens (tertiary/aromatic N) is 2. The Balaban J connectivity index is 2.70. The van der Waals surface area contributed by atoms with Gasteiger partial charge in [-0.15, -0.1) is 0 Å². The topological polar surface area (TPSA) is 44.0 Å². The molecule has 0 radical (unpaired) electrons.